The van der Waals surface area contributed by atoms with Gasteiger partial charge in [0.2, 0.25) is 0 Å². The minimum atomic E-state index is 0.430. The Labute approximate surface area is 94.6 Å². The van der Waals surface area contributed by atoms with Crippen molar-refractivity contribution in [2.45, 2.75) is 13.5 Å². The average molecular weight is 246 g/mol. The third-order valence-corrected chi connectivity index (χ3v) is 4.53. The van der Waals surface area contributed by atoms with Crippen molar-refractivity contribution in [2.24, 2.45) is 5.73 Å². The lowest BCUT2D eigenvalue weighted by Crippen LogP contribution is -1.94. The van der Waals surface area contributed by atoms with E-state index in [4.69, 9.17) is 17.3 Å². The molecule has 2 aromatic heterocycles. The van der Waals surface area contributed by atoms with E-state index in [1.807, 2.05) is 12.3 Å². The summed E-state index contributed by atoms with van der Waals surface area (Å²) in [5, 5.41) is 12.5. The lowest BCUT2D eigenvalue weighted by Gasteiger charge is -1.90. The fraction of sp³-hybridized carbons (Fsp3) is 0.250. The van der Waals surface area contributed by atoms with Crippen molar-refractivity contribution in [3.05, 3.63) is 21.0 Å². The molecule has 0 aliphatic carbocycles. The predicted molar refractivity (Wildman–Crippen MR) is 60.9 cm³/mol. The topological polar surface area (TPSA) is 51.8 Å². The van der Waals surface area contributed by atoms with Gasteiger partial charge in [0.05, 0.1) is 9.90 Å². The van der Waals surface area contributed by atoms with Crippen molar-refractivity contribution in [1.29, 1.82) is 0 Å². The summed E-state index contributed by atoms with van der Waals surface area (Å²) in [6, 6.07) is 0. The van der Waals surface area contributed by atoms with Crippen LogP contribution in [0, 0.1) is 6.92 Å². The molecule has 0 saturated carbocycles. The zero-order chi connectivity index (χ0) is 10.1. The molecule has 0 aliphatic heterocycles. The standard InChI is InChI=1S/C8H8ClN3S2/c1-4-3-13-7(6(4)9)8-12-11-5(2-10)14-8/h3H,2,10H2,1H3. The van der Waals surface area contributed by atoms with E-state index in [-0.39, 0.29) is 0 Å². The first-order valence-electron chi connectivity index (χ1n) is 3.98. The highest BCUT2D eigenvalue weighted by molar-refractivity contribution is 7.21. The van der Waals surface area contributed by atoms with Gasteiger partial charge in [-0.25, -0.2) is 0 Å². The van der Waals surface area contributed by atoms with Crippen molar-refractivity contribution in [3.8, 4) is 9.88 Å². The van der Waals surface area contributed by atoms with Crippen LogP contribution in [-0.4, -0.2) is 10.2 Å². The monoisotopic (exact) mass is 245 g/mol. The summed E-state index contributed by atoms with van der Waals surface area (Å²) in [6.07, 6.45) is 0. The van der Waals surface area contributed by atoms with Crippen molar-refractivity contribution < 1.29 is 0 Å². The van der Waals surface area contributed by atoms with E-state index < -0.39 is 0 Å². The van der Waals surface area contributed by atoms with Crippen LogP contribution in [0.25, 0.3) is 9.88 Å². The second kappa shape index (κ2) is 3.94. The Morgan fingerprint density at radius 2 is 2.29 bits per heavy atom. The first kappa shape index (κ1) is 10.0. The summed E-state index contributed by atoms with van der Waals surface area (Å²) < 4.78 is 0. The fourth-order valence-corrected chi connectivity index (χ4v) is 3.15. The molecule has 6 heteroatoms. The van der Waals surface area contributed by atoms with Gasteiger partial charge in [-0.3, -0.25) is 0 Å². The first-order valence-corrected chi connectivity index (χ1v) is 6.06. The Kier molecular flexibility index (Phi) is 2.83. The molecule has 0 aliphatic rings. The summed E-state index contributed by atoms with van der Waals surface area (Å²) in [6.45, 7) is 2.41. The number of hydrogen-bond donors (Lipinski definition) is 1. The van der Waals surface area contributed by atoms with E-state index in [9.17, 15) is 0 Å². The molecule has 74 valence electrons. The van der Waals surface area contributed by atoms with Gasteiger partial charge in [0, 0.05) is 6.54 Å². The van der Waals surface area contributed by atoms with Gasteiger partial charge in [0.25, 0.3) is 0 Å². The quantitative estimate of drug-likeness (QED) is 0.885. The highest BCUT2D eigenvalue weighted by Crippen LogP contribution is 2.37. The lowest BCUT2D eigenvalue weighted by atomic mass is 10.3. The highest BCUT2D eigenvalue weighted by Gasteiger charge is 2.12. The Balaban J connectivity index is 2.44. The molecule has 2 heterocycles. The number of nitrogens with two attached hydrogens (primary N) is 1. The third-order valence-electron chi connectivity index (χ3n) is 1.73. The molecular weight excluding hydrogens is 238 g/mol. The number of nitrogens with zero attached hydrogens (tertiary/aromatic N) is 2. The van der Waals surface area contributed by atoms with Gasteiger partial charge in [-0.1, -0.05) is 22.9 Å². The molecule has 0 unspecified atom stereocenters. The van der Waals surface area contributed by atoms with E-state index >= 15 is 0 Å². The van der Waals surface area contributed by atoms with Gasteiger partial charge in [0.15, 0.2) is 5.01 Å². The lowest BCUT2D eigenvalue weighted by molar-refractivity contribution is 0.961. The summed E-state index contributed by atoms with van der Waals surface area (Å²) in [5.41, 5.74) is 6.54. The van der Waals surface area contributed by atoms with Crippen LogP contribution in [0.1, 0.15) is 10.6 Å². The van der Waals surface area contributed by atoms with E-state index in [0.717, 1.165) is 25.5 Å². The summed E-state index contributed by atoms with van der Waals surface area (Å²) in [5.74, 6) is 0. The Bertz CT molecular complexity index is 449. The zero-order valence-corrected chi connectivity index (χ0v) is 9.84. The van der Waals surface area contributed by atoms with Gasteiger partial charge < -0.3 is 5.73 Å². The van der Waals surface area contributed by atoms with Crippen LogP contribution in [0.2, 0.25) is 5.02 Å². The number of halogens is 1. The maximum atomic E-state index is 6.11. The maximum absolute atomic E-state index is 6.11. The van der Waals surface area contributed by atoms with Crippen molar-refractivity contribution in [2.75, 3.05) is 0 Å². The van der Waals surface area contributed by atoms with Crippen LogP contribution in [-0.2, 0) is 6.54 Å². The Hall–Kier alpha value is -0.490. The number of hydrogen-bond acceptors (Lipinski definition) is 5. The minimum Gasteiger partial charge on any atom is -0.324 e. The Morgan fingerprint density at radius 1 is 1.50 bits per heavy atom. The van der Waals surface area contributed by atoms with Gasteiger partial charge in [0.1, 0.15) is 5.01 Å². The molecular formula is C8H8ClN3S2. The van der Waals surface area contributed by atoms with E-state index in [1.165, 1.54) is 11.3 Å². The average Bonchev–Trinajstić information content (AvgIpc) is 2.75. The largest absolute Gasteiger partial charge is 0.324 e. The van der Waals surface area contributed by atoms with Crippen LogP contribution < -0.4 is 5.73 Å². The molecule has 0 amide bonds. The molecule has 0 atom stereocenters. The first-order chi connectivity index (χ1) is 6.72. The van der Waals surface area contributed by atoms with Crippen LogP contribution in [0.3, 0.4) is 0 Å². The second-order valence-corrected chi connectivity index (χ2v) is 5.09. The van der Waals surface area contributed by atoms with E-state index in [0.29, 0.717) is 6.54 Å². The second-order valence-electron chi connectivity index (χ2n) is 2.77. The van der Waals surface area contributed by atoms with Crippen LogP contribution in [0.15, 0.2) is 5.38 Å². The third kappa shape index (κ3) is 1.68. The highest BCUT2D eigenvalue weighted by atomic mass is 35.5. The number of aryl methyl sites for hydroxylation is 1. The molecule has 14 heavy (non-hydrogen) atoms. The molecule has 2 N–H and O–H groups in total. The van der Waals surface area contributed by atoms with Crippen molar-refractivity contribution >= 4 is 34.3 Å². The van der Waals surface area contributed by atoms with Gasteiger partial charge in [-0.15, -0.1) is 21.5 Å². The molecule has 0 saturated heterocycles. The number of rotatable bonds is 2. The van der Waals surface area contributed by atoms with E-state index in [2.05, 4.69) is 10.2 Å². The summed E-state index contributed by atoms with van der Waals surface area (Å²) in [4.78, 5) is 0.987. The molecule has 3 nitrogen and oxygen atoms in total. The van der Waals surface area contributed by atoms with Crippen LogP contribution in [0.5, 0.6) is 0 Å². The Morgan fingerprint density at radius 3 is 2.79 bits per heavy atom. The molecule has 2 rings (SSSR count). The predicted octanol–water partition coefficient (Wildman–Crippen LogP) is 2.69. The smallest absolute Gasteiger partial charge is 0.159 e. The molecule has 0 fully saturated rings. The van der Waals surface area contributed by atoms with Gasteiger partial charge in [-0.05, 0) is 17.9 Å². The zero-order valence-electron chi connectivity index (χ0n) is 7.45. The molecule has 0 aromatic carbocycles. The molecule has 0 radical (unpaired) electrons. The maximum Gasteiger partial charge on any atom is 0.159 e. The summed E-state index contributed by atoms with van der Waals surface area (Å²) in [7, 11) is 0. The minimum absolute atomic E-state index is 0.430. The molecule has 0 bridgehead atoms. The normalized spacial score (nSPS) is 10.8. The fourth-order valence-electron chi connectivity index (χ4n) is 1.00. The van der Waals surface area contributed by atoms with Crippen LogP contribution in [0.4, 0.5) is 0 Å². The number of aromatic nitrogens is 2. The van der Waals surface area contributed by atoms with Crippen molar-refractivity contribution in [3.63, 3.8) is 0 Å². The van der Waals surface area contributed by atoms with Crippen molar-refractivity contribution in [1.82, 2.24) is 10.2 Å². The number of thiophene rings is 1. The van der Waals surface area contributed by atoms with Gasteiger partial charge >= 0.3 is 0 Å². The molecule has 2 aromatic rings. The van der Waals surface area contributed by atoms with Gasteiger partial charge in [-0.2, -0.15) is 0 Å². The summed E-state index contributed by atoms with van der Waals surface area (Å²) >= 11 is 9.19. The molecule has 0 spiro atoms. The van der Waals surface area contributed by atoms with Crippen LogP contribution >= 0.6 is 34.3 Å². The SMILES string of the molecule is Cc1csc(-c2nnc(CN)s2)c1Cl. The van der Waals surface area contributed by atoms with E-state index in [1.54, 1.807) is 11.3 Å².